The molecule has 1 aliphatic heterocycles. The summed E-state index contributed by atoms with van der Waals surface area (Å²) < 4.78 is 0. The van der Waals surface area contributed by atoms with Gasteiger partial charge in [0.2, 0.25) is 5.91 Å². The van der Waals surface area contributed by atoms with E-state index < -0.39 is 23.1 Å². The molecule has 0 atom stereocenters. The van der Waals surface area contributed by atoms with Crippen LogP contribution in [0, 0.1) is 0 Å². The van der Waals surface area contributed by atoms with Crippen LogP contribution >= 0.6 is 0 Å². The van der Waals surface area contributed by atoms with Crippen molar-refractivity contribution in [2.24, 2.45) is 0 Å². The minimum atomic E-state index is -1.01. The molecule has 3 amide bonds. The van der Waals surface area contributed by atoms with E-state index in [0.717, 1.165) is 19.2 Å². The van der Waals surface area contributed by atoms with Gasteiger partial charge in [-0.2, -0.15) is 0 Å². The number of hydrogen-bond acceptors (Lipinski definition) is 5. The summed E-state index contributed by atoms with van der Waals surface area (Å²) in [7, 11) is 0. The molecule has 0 bridgehead atoms. The van der Waals surface area contributed by atoms with Gasteiger partial charge < -0.3 is 20.5 Å². The lowest BCUT2D eigenvalue weighted by molar-refractivity contribution is -0.136. The van der Waals surface area contributed by atoms with Crippen LogP contribution in [0.1, 0.15) is 19.3 Å². The van der Waals surface area contributed by atoms with E-state index >= 15 is 0 Å². The normalized spacial score (nSPS) is 13.9. The first-order valence-corrected chi connectivity index (χ1v) is 7.16. The number of hydrogen-bond donors (Lipinski definition) is 4. The minimum absolute atomic E-state index is 0.103. The van der Waals surface area contributed by atoms with E-state index in [1.54, 1.807) is 4.90 Å². The van der Waals surface area contributed by atoms with E-state index in [-0.39, 0.29) is 18.1 Å². The number of aromatic nitrogens is 2. The molecule has 10 nitrogen and oxygen atoms in total. The first kappa shape index (κ1) is 16.5. The summed E-state index contributed by atoms with van der Waals surface area (Å²) in [5.41, 5.74) is -1.75. The SMILES string of the molecule is O=C(NCCCN1CCCC1=O)C(=O)Nc1c[nH]c(=O)[nH]c1=O. The van der Waals surface area contributed by atoms with Crippen LogP contribution in [-0.2, 0) is 14.4 Å². The Balaban J connectivity index is 1.74. The quantitative estimate of drug-likeness (QED) is 0.371. The summed E-state index contributed by atoms with van der Waals surface area (Å²) in [5, 5.41) is 4.50. The van der Waals surface area contributed by atoms with Crippen LogP contribution in [0.5, 0.6) is 0 Å². The summed E-state index contributed by atoms with van der Waals surface area (Å²) in [6, 6.07) is 0. The van der Waals surface area contributed by atoms with Crippen molar-refractivity contribution < 1.29 is 14.4 Å². The van der Waals surface area contributed by atoms with Gasteiger partial charge in [-0.05, 0) is 12.8 Å². The van der Waals surface area contributed by atoms with Crippen molar-refractivity contribution in [2.45, 2.75) is 19.3 Å². The lowest BCUT2D eigenvalue weighted by Crippen LogP contribution is -2.38. The predicted molar refractivity (Wildman–Crippen MR) is 79.8 cm³/mol. The molecule has 1 aliphatic rings. The zero-order valence-electron chi connectivity index (χ0n) is 12.3. The highest BCUT2D eigenvalue weighted by Crippen LogP contribution is 2.09. The smallest absolute Gasteiger partial charge is 0.325 e. The van der Waals surface area contributed by atoms with Gasteiger partial charge in [-0.15, -0.1) is 0 Å². The van der Waals surface area contributed by atoms with E-state index in [1.807, 2.05) is 4.98 Å². The van der Waals surface area contributed by atoms with Gasteiger partial charge in [-0.25, -0.2) is 4.79 Å². The first-order valence-electron chi connectivity index (χ1n) is 7.16. The molecule has 0 spiro atoms. The van der Waals surface area contributed by atoms with Crippen molar-refractivity contribution in [3.8, 4) is 0 Å². The summed E-state index contributed by atoms with van der Waals surface area (Å²) >= 11 is 0. The Bertz CT molecular complexity index is 722. The molecule has 23 heavy (non-hydrogen) atoms. The van der Waals surface area contributed by atoms with Gasteiger partial charge in [0.1, 0.15) is 5.69 Å². The number of nitrogens with one attached hydrogen (secondary N) is 4. The second-order valence-electron chi connectivity index (χ2n) is 5.03. The van der Waals surface area contributed by atoms with Gasteiger partial charge in [0.15, 0.2) is 0 Å². The molecule has 0 unspecified atom stereocenters. The first-order chi connectivity index (χ1) is 11.0. The molecule has 0 aliphatic carbocycles. The fourth-order valence-corrected chi connectivity index (χ4v) is 2.17. The number of aromatic amines is 2. The third-order valence-corrected chi connectivity index (χ3v) is 3.34. The number of carbonyl (C=O) groups excluding carboxylic acids is 3. The van der Waals surface area contributed by atoms with Crippen LogP contribution in [0.4, 0.5) is 5.69 Å². The second-order valence-corrected chi connectivity index (χ2v) is 5.03. The Hall–Kier alpha value is -2.91. The van der Waals surface area contributed by atoms with Crippen LogP contribution in [-0.4, -0.2) is 52.2 Å². The van der Waals surface area contributed by atoms with Crippen LogP contribution in [0.25, 0.3) is 0 Å². The zero-order valence-corrected chi connectivity index (χ0v) is 12.3. The number of likely N-dealkylation sites (tertiary alicyclic amines) is 1. The average molecular weight is 323 g/mol. The summed E-state index contributed by atoms with van der Waals surface area (Å²) in [6.07, 6.45) is 2.94. The molecule has 1 fully saturated rings. The van der Waals surface area contributed by atoms with Crippen molar-refractivity contribution in [1.29, 1.82) is 0 Å². The fourth-order valence-electron chi connectivity index (χ4n) is 2.17. The molecule has 4 N–H and O–H groups in total. The maximum atomic E-state index is 11.6. The highest BCUT2D eigenvalue weighted by atomic mass is 16.2. The Kier molecular flexibility index (Phi) is 5.28. The molecule has 2 rings (SSSR count). The molecule has 2 heterocycles. The Morgan fingerprint density at radius 2 is 2.00 bits per heavy atom. The monoisotopic (exact) mass is 323 g/mol. The van der Waals surface area contributed by atoms with E-state index in [4.69, 9.17) is 0 Å². The lowest BCUT2D eigenvalue weighted by atomic mass is 10.3. The molecule has 0 radical (unpaired) electrons. The molecule has 10 heteroatoms. The number of H-pyrrole nitrogens is 2. The number of amides is 3. The summed E-state index contributed by atoms with van der Waals surface area (Å²) in [4.78, 5) is 62.6. The minimum Gasteiger partial charge on any atom is -0.348 e. The second kappa shape index (κ2) is 7.38. The van der Waals surface area contributed by atoms with Crippen molar-refractivity contribution in [1.82, 2.24) is 20.2 Å². The topological polar surface area (TPSA) is 144 Å². The van der Waals surface area contributed by atoms with Crippen molar-refractivity contribution in [3.63, 3.8) is 0 Å². The highest BCUT2D eigenvalue weighted by molar-refractivity contribution is 6.39. The van der Waals surface area contributed by atoms with Crippen LogP contribution in [0.2, 0.25) is 0 Å². The third kappa shape index (κ3) is 4.53. The van der Waals surface area contributed by atoms with E-state index in [1.165, 1.54) is 0 Å². The molecule has 1 aromatic rings. The van der Waals surface area contributed by atoms with E-state index in [9.17, 15) is 24.0 Å². The Labute approximate surface area is 130 Å². The Morgan fingerprint density at radius 1 is 1.22 bits per heavy atom. The van der Waals surface area contributed by atoms with Gasteiger partial charge in [0.05, 0.1) is 0 Å². The van der Waals surface area contributed by atoms with E-state index in [2.05, 4.69) is 15.6 Å². The molecular formula is C13H17N5O5. The van der Waals surface area contributed by atoms with Gasteiger partial charge >= 0.3 is 17.5 Å². The molecule has 1 saturated heterocycles. The fraction of sp³-hybridized carbons (Fsp3) is 0.462. The van der Waals surface area contributed by atoms with Gasteiger partial charge in [0, 0.05) is 32.3 Å². The van der Waals surface area contributed by atoms with Crippen LogP contribution in [0.15, 0.2) is 15.8 Å². The molecular weight excluding hydrogens is 306 g/mol. The largest absolute Gasteiger partial charge is 0.348 e. The summed E-state index contributed by atoms with van der Waals surface area (Å²) in [5.74, 6) is -1.81. The van der Waals surface area contributed by atoms with Crippen molar-refractivity contribution >= 4 is 23.4 Å². The number of rotatable bonds is 5. The van der Waals surface area contributed by atoms with E-state index in [0.29, 0.717) is 19.4 Å². The maximum Gasteiger partial charge on any atom is 0.325 e. The van der Waals surface area contributed by atoms with Gasteiger partial charge in [-0.3, -0.25) is 24.2 Å². The molecule has 0 saturated carbocycles. The van der Waals surface area contributed by atoms with Gasteiger partial charge in [0.25, 0.3) is 5.56 Å². The molecule has 124 valence electrons. The predicted octanol–water partition coefficient (Wildman–Crippen LogP) is -1.87. The highest BCUT2D eigenvalue weighted by Gasteiger charge is 2.19. The maximum absolute atomic E-state index is 11.6. The number of carbonyl (C=O) groups is 3. The zero-order chi connectivity index (χ0) is 16.8. The van der Waals surface area contributed by atoms with Gasteiger partial charge in [-0.1, -0.05) is 0 Å². The van der Waals surface area contributed by atoms with Crippen LogP contribution in [0.3, 0.4) is 0 Å². The number of anilines is 1. The average Bonchev–Trinajstić information content (AvgIpc) is 2.91. The lowest BCUT2D eigenvalue weighted by Gasteiger charge is -2.15. The number of nitrogens with zero attached hydrogens (tertiary/aromatic N) is 1. The van der Waals surface area contributed by atoms with Crippen LogP contribution < -0.4 is 21.9 Å². The summed E-state index contributed by atoms with van der Waals surface area (Å²) in [6.45, 7) is 1.49. The van der Waals surface area contributed by atoms with Crippen molar-refractivity contribution in [3.05, 3.63) is 27.0 Å². The van der Waals surface area contributed by atoms with Crippen molar-refractivity contribution in [2.75, 3.05) is 25.0 Å². The third-order valence-electron chi connectivity index (χ3n) is 3.34. The Morgan fingerprint density at radius 3 is 2.65 bits per heavy atom. The molecule has 0 aromatic carbocycles. The molecule has 1 aromatic heterocycles. The standard InChI is InChI=1S/C13H17N5O5/c19-9-3-1-5-18(9)6-2-4-14-11(21)12(22)16-8-7-15-13(23)17-10(8)20/h7H,1-6H2,(H,14,21)(H,16,22)(H2,15,17,20,23).